The van der Waals surface area contributed by atoms with Gasteiger partial charge in [0.15, 0.2) is 0 Å². The van der Waals surface area contributed by atoms with Crippen LogP contribution < -0.4 is 0 Å². The molecule has 0 heterocycles. The minimum Gasteiger partial charge on any atom is -0.326 e. The Bertz CT molecular complexity index is 408. The second kappa shape index (κ2) is 6.97. The molecule has 0 atom stereocenters. The normalized spacial score (nSPS) is 9.71. The number of benzene rings is 1. The average molecular weight is 248 g/mol. The molecule has 1 aromatic carbocycles. The lowest BCUT2D eigenvalue weighted by Crippen LogP contribution is -2.31. The molecule has 0 saturated carbocycles. The Balaban J connectivity index is 2.78. The van der Waals surface area contributed by atoms with Crippen molar-refractivity contribution < 1.29 is 4.79 Å². The van der Waals surface area contributed by atoms with Gasteiger partial charge in [0.05, 0.1) is 6.07 Å². The largest absolute Gasteiger partial charge is 0.326 e. The molecule has 0 aromatic heterocycles. The first kappa shape index (κ1) is 13.6. The van der Waals surface area contributed by atoms with Gasteiger partial charge < -0.3 is 4.90 Å². The molecule has 0 saturated heterocycles. The van der Waals surface area contributed by atoms with E-state index in [9.17, 15) is 4.79 Å². The fraction of sp³-hybridized carbons (Fsp3) is 0.385. The van der Waals surface area contributed by atoms with Crippen molar-refractivity contribution in [3.8, 4) is 6.07 Å². The van der Waals surface area contributed by atoms with Gasteiger partial charge in [-0.25, -0.2) is 0 Å². The van der Waals surface area contributed by atoms with Gasteiger partial charge in [-0.05, 0) is 30.9 Å². The van der Waals surface area contributed by atoms with Gasteiger partial charge in [0.1, 0.15) is 6.54 Å². The van der Waals surface area contributed by atoms with E-state index in [1.54, 1.807) is 11.8 Å². The number of nitrogens with zero attached hydrogens (tertiary/aromatic N) is 2. The zero-order valence-electron chi connectivity index (χ0n) is 10.1. The molecule has 0 spiro atoms. The van der Waals surface area contributed by atoms with E-state index in [4.69, 9.17) is 5.26 Å². The zero-order chi connectivity index (χ0) is 12.7. The first-order chi connectivity index (χ1) is 8.22. The lowest BCUT2D eigenvalue weighted by atomic mass is 10.1. The summed E-state index contributed by atoms with van der Waals surface area (Å²) in [5.74, 6) is 0.870. The van der Waals surface area contributed by atoms with Crippen LogP contribution in [0.2, 0.25) is 0 Å². The highest BCUT2D eigenvalue weighted by Gasteiger charge is 2.13. The summed E-state index contributed by atoms with van der Waals surface area (Å²) in [6, 6.07) is 9.58. The van der Waals surface area contributed by atoms with Crippen LogP contribution in [0, 0.1) is 11.3 Å². The number of thioether (sulfide) groups is 1. The molecule has 90 valence electrons. The summed E-state index contributed by atoms with van der Waals surface area (Å²) in [7, 11) is 0. The highest BCUT2D eigenvalue weighted by molar-refractivity contribution is 7.97. The molecular weight excluding hydrogens is 232 g/mol. The number of nitriles is 1. The molecule has 0 aliphatic heterocycles. The van der Waals surface area contributed by atoms with E-state index in [0.29, 0.717) is 12.1 Å². The predicted molar refractivity (Wildman–Crippen MR) is 70.9 cm³/mol. The van der Waals surface area contributed by atoms with Crippen LogP contribution in [0.5, 0.6) is 0 Å². The highest BCUT2D eigenvalue weighted by atomic mass is 32.2. The number of hydrogen-bond donors (Lipinski definition) is 0. The van der Waals surface area contributed by atoms with Crippen LogP contribution in [-0.2, 0) is 5.75 Å². The molecule has 0 N–H and O–H groups in total. The van der Waals surface area contributed by atoms with Crippen molar-refractivity contribution in [3.63, 3.8) is 0 Å². The minimum atomic E-state index is -0.0789. The maximum atomic E-state index is 12.0. The molecule has 0 unspecified atom stereocenters. The molecule has 0 bridgehead atoms. The van der Waals surface area contributed by atoms with E-state index in [2.05, 4.69) is 0 Å². The highest BCUT2D eigenvalue weighted by Crippen LogP contribution is 2.12. The molecule has 3 nitrogen and oxygen atoms in total. The lowest BCUT2D eigenvalue weighted by molar-refractivity contribution is 0.0784. The van der Waals surface area contributed by atoms with E-state index in [1.807, 2.05) is 43.5 Å². The van der Waals surface area contributed by atoms with E-state index in [0.717, 1.165) is 5.75 Å². The van der Waals surface area contributed by atoms with Crippen LogP contribution in [0.1, 0.15) is 22.8 Å². The Morgan fingerprint density at radius 3 is 2.53 bits per heavy atom. The van der Waals surface area contributed by atoms with Crippen molar-refractivity contribution in [2.75, 3.05) is 19.3 Å². The Labute approximate surface area is 106 Å². The van der Waals surface area contributed by atoms with Gasteiger partial charge in [0.2, 0.25) is 0 Å². The molecule has 0 aliphatic carbocycles. The Hall–Kier alpha value is -1.47. The number of carbonyl (C=O) groups is 1. The number of carbonyl (C=O) groups excluding carboxylic acids is 1. The van der Waals surface area contributed by atoms with Gasteiger partial charge in [0, 0.05) is 17.9 Å². The third kappa shape index (κ3) is 3.79. The van der Waals surface area contributed by atoms with Crippen molar-refractivity contribution in [2.24, 2.45) is 0 Å². The molecular formula is C13H16N2OS. The van der Waals surface area contributed by atoms with Gasteiger partial charge >= 0.3 is 0 Å². The average Bonchev–Trinajstić information content (AvgIpc) is 2.36. The van der Waals surface area contributed by atoms with Crippen LogP contribution >= 0.6 is 11.8 Å². The van der Waals surface area contributed by atoms with Crippen molar-refractivity contribution >= 4 is 17.7 Å². The van der Waals surface area contributed by atoms with Crippen molar-refractivity contribution in [2.45, 2.75) is 12.7 Å². The Kier molecular flexibility index (Phi) is 5.58. The molecule has 1 rings (SSSR count). The smallest absolute Gasteiger partial charge is 0.254 e. The van der Waals surface area contributed by atoms with Crippen LogP contribution in [0.4, 0.5) is 0 Å². The summed E-state index contributed by atoms with van der Waals surface area (Å²) in [6.45, 7) is 2.57. The van der Waals surface area contributed by atoms with Gasteiger partial charge in [0.25, 0.3) is 5.91 Å². The standard InChI is InChI=1S/C13H16N2OS/c1-3-15(9-8-14)13(16)12-6-4-11(5-7-12)10-17-2/h4-7H,3,9-10H2,1-2H3. The van der Waals surface area contributed by atoms with Crippen molar-refractivity contribution in [3.05, 3.63) is 35.4 Å². The molecule has 4 heteroatoms. The van der Waals surface area contributed by atoms with E-state index < -0.39 is 0 Å². The molecule has 1 aromatic rings. The lowest BCUT2D eigenvalue weighted by Gasteiger charge is -2.17. The molecule has 0 fully saturated rings. The number of amides is 1. The SMILES string of the molecule is CCN(CC#N)C(=O)c1ccc(CSC)cc1. The first-order valence-corrected chi connectivity index (χ1v) is 6.86. The Morgan fingerprint density at radius 2 is 2.06 bits per heavy atom. The van der Waals surface area contributed by atoms with Crippen molar-refractivity contribution in [1.29, 1.82) is 5.26 Å². The zero-order valence-corrected chi connectivity index (χ0v) is 11.0. The quantitative estimate of drug-likeness (QED) is 0.752. The van der Waals surface area contributed by atoms with Crippen LogP contribution in [0.25, 0.3) is 0 Å². The van der Waals surface area contributed by atoms with E-state index >= 15 is 0 Å². The number of hydrogen-bond acceptors (Lipinski definition) is 3. The summed E-state index contributed by atoms with van der Waals surface area (Å²) >= 11 is 1.75. The topological polar surface area (TPSA) is 44.1 Å². The maximum Gasteiger partial charge on any atom is 0.254 e. The fourth-order valence-corrected chi connectivity index (χ4v) is 2.03. The maximum absolute atomic E-state index is 12.0. The van der Waals surface area contributed by atoms with E-state index in [-0.39, 0.29) is 12.5 Å². The van der Waals surface area contributed by atoms with Crippen LogP contribution in [0.3, 0.4) is 0 Å². The first-order valence-electron chi connectivity index (χ1n) is 5.47. The van der Waals surface area contributed by atoms with Gasteiger partial charge in [-0.2, -0.15) is 17.0 Å². The van der Waals surface area contributed by atoms with Gasteiger partial charge in [-0.1, -0.05) is 12.1 Å². The summed E-state index contributed by atoms with van der Waals surface area (Å²) in [6.07, 6.45) is 2.05. The summed E-state index contributed by atoms with van der Waals surface area (Å²) in [5.41, 5.74) is 1.85. The van der Waals surface area contributed by atoms with E-state index in [1.165, 1.54) is 10.5 Å². The minimum absolute atomic E-state index is 0.0789. The Morgan fingerprint density at radius 1 is 1.41 bits per heavy atom. The summed E-state index contributed by atoms with van der Waals surface area (Å²) in [4.78, 5) is 13.5. The monoisotopic (exact) mass is 248 g/mol. The van der Waals surface area contributed by atoms with Crippen LogP contribution in [0.15, 0.2) is 24.3 Å². The third-order valence-corrected chi connectivity index (χ3v) is 3.06. The van der Waals surface area contributed by atoms with Gasteiger partial charge in [-0.15, -0.1) is 0 Å². The second-order valence-electron chi connectivity index (χ2n) is 3.61. The van der Waals surface area contributed by atoms with Gasteiger partial charge in [-0.3, -0.25) is 4.79 Å². The molecule has 1 amide bonds. The van der Waals surface area contributed by atoms with Crippen molar-refractivity contribution in [1.82, 2.24) is 4.90 Å². The predicted octanol–water partition coefficient (Wildman–Crippen LogP) is 2.54. The molecule has 0 aliphatic rings. The third-order valence-electron chi connectivity index (χ3n) is 2.44. The molecule has 0 radical (unpaired) electrons. The fourth-order valence-electron chi connectivity index (χ4n) is 1.51. The number of rotatable bonds is 5. The van der Waals surface area contributed by atoms with Crippen LogP contribution in [-0.4, -0.2) is 30.2 Å². The second-order valence-corrected chi connectivity index (χ2v) is 4.47. The summed E-state index contributed by atoms with van der Waals surface area (Å²) in [5, 5.41) is 8.63. The summed E-state index contributed by atoms with van der Waals surface area (Å²) < 4.78 is 0. The molecule has 17 heavy (non-hydrogen) atoms.